The molecule has 0 saturated carbocycles. The van der Waals surface area contributed by atoms with E-state index in [0.717, 1.165) is 0 Å². The maximum Gasteiger partial charge on any atom is 0.335 e. The van der Waals surface area contributed by atoms with Crippen molar-refractivity contribution in [2.75, 3.05) is 5.32 Å². The number of carboxylic acids is 1. The number of rotatable bonds is 4. The van der Waals surface area contributed by atoms with Crippen molar-refractivity contribution >= 4 is 39.5 Å². The van der Waals surface area contributed by atoms with Gasteiger partial charge in [0.15, 0.2) is 0 Å². The summed E-state index contributed by atoms with van der Waals surface area (Å²) in [6.45, 7) is 2.91. The van der Waals surface area contributed by atoms with Crippen LogP contribution in [0.4, 0.5) is 10.5 Å². The van der Waals surface area contributed by atoms with Gasteiger partial charge in [0.25, 0.3) is 0 Å². The van der Waals surface area contributed by atoms with Crippen LogP contribution in [0.1, 0.15) is 24.2 Å². The topological polar surface area (TPSA) is 122 Å². The van der Waals surface area contributed by atoms with Gasteiger partial charge in [-0.25, -0.2) is 9.59 Å². The zero-order chi connectivity index (χ0) is 15.5. The molecule has 0 bridgehead atoms. The molecular weight excluding hydrogens is 330 g/mol. The lowest BCUT2D eigenvalue weighted by Crippen LogP contribution is -2.54. The number of nitrogens with two attached hydrogens (primary N) is 1. The number of anilines is 1. The first kappa shape index (κ1) is 16.0. The molecular formula is C12H14BrN3O4. The number of amides is 3. The minimum Gasteiger partial charge on any atom is -0.478 e. The second-order valence-electron chi connectivity index (χ2n) is 4.57. The number of benzene rings is 1. The fraction of sp³-hybridized carbons (Fsp3) is 0.250. The monoisotopic (exact) mass is 343 g/mol. The van der Waals surface area contributed by atoms with Crippen LogP contribution in [0.2, 0.25) is 0 Å². The van der Waals surface area contributed by atoms with Gasteiger partial charge >= 0.3 is 12.0 Å². The fourth-order valence-electron chi connectivity index (χ4n) is 1.25. The van der Waals surface area contributed by atoms with Crippen LogP contribution in [0.15, 0.2) is 22.7 Å². The number of carbonyl (C=O) groups excluding carboxylic acids is 2. The van der Waals surface area contributed by atoms with Crippen molar-refractivity contribution in [3.63, 3.8) is 0 Å². The van der Waals surface area contributed by atoms with Crippen molar-refractivity contribution < 1.29 is 19.5 Å². The maximum atomic E-state index is 11.8. The lowest BCUT2D eigenvalue weighted by atomic mass is 10.1. The van der Waals surface area contributed by atoms with Gasteiger partial charge in [-0.05, 0) is 48.0 Å². The Morgan fingerprint density at radius 2 is 1.90 bits per heavy atom. The minimum atomic E-state index is -1.22. The van der Waals surface area contributed by atoms with E-state index in [1.807, 2.05) is 0 Å². The first-order valence-electron chi connectivity index (χ1n) is 5.55. The lowest BCUT2D eigenvalue weighted by molar-refractivity contribution is -0.122. The van der Waals surface area contributed by atoms with Gasteiger partial charge in [0, 0.05) is 4.47 Å². The van der Waals surface area contributed by atoms with Crippen molar-refractivity contribution in [1.29, 1.82) is 0 Å². The Morgan fingerprint density at radius 1 is 1.30 bits per heavy atom. The van der Waals surface area contributed by atoms with Crippen LogP contribution in [0.3, 0.4) is 0 Å². The molecule has 5 N–H and O–H groups in total. The summed E-state index contributed by atoms with van der Waals surface area (Å²) < 4.78 is 0.509. The third-order valence-corrected chi connectivity index (χ3v) is 3.20. The van der Waals surface area contributed by atoms with Crippen molar-refractivity contribution in [1.82, 2.24) is 5.32 Å². The third kappa shape index (κ3) is 3.95. The first-order valence-corrected chi connectivity index (χ1v) is 6.34. The summed E-state index contributed by atoms with van der Waals surface area (Å²) in [6.07, 6.45) is 0. The predicted molar refractivity (Wildman–Crippen MR) is 76.5 cm³/mol. The summed E-state index contributed by atoms with van der Waals surface area (Å²) in [7, 11) is 0. The summed E-state index contributed by atoms with van der Waals surface area (Å²) in [5.74, 6) is -1.80. The van der Waals surface area contributed by atoms with E-state index in [1.165, 1.54) is 32.0 Å². The van der Waals surface area contributed by atoms with Crippen LogP contribution in [0.25, 0.3) is 0 Å². The van der Waals surface area contributed by atoms with Crippen LogP contribution < -0.4 is 16.4 Å². The molecule has 0 aliphatic heterocycles. The molecule has 7 nitrogen and oxygen atoms in total. The number of carboxylic acid groups (broad SMARTS) is 1. The van der Waals surface area contributed by atoms with Gasteiger partial charge in [0.05, 0.1) is 11.3 Å². The largest absolute Gasteiger partial charge is 0.478 e. The van der Waals surface area contributed by atoms with Crippen LogP contribution in [-0.2, 0) is 4.79 Å². The number of nitrogens with one attached hydrogen (secondary N) is 2. The number of hydrogen-bond donors (Lipinski definition) is 4. The Labute approximate surface area is 123 Å². The predicted octanol–water partition coefficient (Wildman–Crippen LogP) is 1.53. The number of aromatic carboxylic acids is 1. The zero-order valence-corrected chi connectivity index (χ0v) is 12.4. The normalized spacial score (nSPS) is 10.8. The van der Waals surface area contributed by atoms with Crippen LogP contribution in [-0.4, -0.2) is 28.6 Å². The van der Waals surface area contributed by atoms with Gasteiger partial charge in [-0.1, -0.05) is 0 Å². The highest BCUT2D eigenvalue weighted by atomic mass is 79.9. The smallest absolute Gasteiger partial charge is 0.335 e. The molecule has 108 valence electrons. The van der Waals surface area contributed by atoms with Crippen molar-refractivity contribution in [2.24, 2.45) is 5.73 Å². The first-order chi connectivity index (χ1) is 9.13. The van der Waals surface area contributed by atoms with Crippen LogP contribution in [0, 0.1) is 0 Å². The molecule has 1 aromatic rings. The van der Waals surface area contributed by atoms with Crippen LogP contribution in [0.5, 0.6) is 0 Å². The van der Waals surface area contributed by atoms with E-state index in [1.54, 1.807) is 0 Å². The number of carbonyl (C=O) groups is 3. The van der Waals surface area contributed by atoms with Crippen molar-refractivity contribution in [3.05, 3.63) is 28.2 Å². The molecule has 0 heterocycles. The molecule has 0 spiro atoms. The van der Waals surface area contributed by atoms with Gasteiger partial charge in [-0.15, -0.1) is 0 Å². The summed E-state index contributed by atoms with van der Waals surface area (Å²) in [4.78, 5) is 33.7. The van der Waals surface area contributed by atoms with E-state index >= 15 is 0 Å². The number of halogens is 1. The average molecular weight is 344 g/mol. The van der Waals surface area contributed by atoms with E-state index in [2.05, 4.69) is 26.6 Å². The highest BCUT2D eigenvalue weighted by Crippen LogP contribution is 2.23. The van der Waals surface area contributed by atoms with E-state index < -0.39 is 23.4 Å². The number of hydrogen-bond acceptors (Lipinski definition) is 3. The molecule has 0 unspecified atom stereocenters. The average Bonchev–Trinajstić information content (AvgIpc) is 2.30. The summed E-state index contributed by atoms with van der Waals surface area (Å²) in [5.41, 5.74) is 4.21. The SMILES string of the molecule is CC(C)(NC(=O)Nc1cc(C(=O)O)ccc1Br)C(N)=O. The molecule has 1 rings (SSSR count). The summed E-state index contributed by atoms with van der Waals surface area (Å²) in [5, 5.41) is 13.7. The molecule has 0 atom stereocenters. The number of urea groups is 1. The molecule has 0 saturated heterocycles. The third-order valence-electron chi connectivity index (χ3n) is 2.50. The van der Waals surface area contributed by atoms with Gasteiger partial charge in [0.2, 0.25) is 5.91 Å². The summed E-state index contributed by atoms with van der Waals surface area (Å²) >= 11 is 3.19. The molecule has 0 aliphatic rings. The highest BCUT2D eigenvalue weighted by Gasteiger charge is 2.27. The maximum absolute atomic E-state index is 11.8. The summed E-state index contributed by atoms with van der Waals surface area (Å²) in [6, 6.07) is 3.52. The van der Waals surface area contributed by atoms with Crippen molar-refractivity contribution in [2.45, 2.75) is 19.4 Å². The highest BCUT2D eigenvalue weighted by molar-refractivity contribution is 9.10. The Morgan fingerprint density at radius 3 is 2.40 bits per heavy atom. The van der Waals surface area contributed by atoms with Gasteiger partial charge in [0.1, 0.15) is 5.54 Å². The zero-order valence-electron chi connectivity index (χ0n) is 10.9. The Balaban J connectivity index is 2.88. The number of primary amides is 1. The van der Waals surface area contributed by atoms with Gasteiger partial charge < -0.3 is 21.5 Å². The molecule has 0 fully saturated rings. The molecule has 8 heteroatoms. The van der Waals surface area contributed by atoms with E-state index in [4.69, 9.17) is 10.8 Å². The molecule has 0 radical (unpaired) electrons. The molecule has 0 aromatic heterocycles. The molecule has 1 aromatic carbocycles. The standard InChI is InChI=1S/C12H14BrN3O4/c1-12(2,10(14)19)16-11(20)15-8-5-6(9(17)18)3-4-7(8)13/h3-5H,1-2H3,(H2,14,19)(H,17,18)(H2,15,16,20). The van der Waals surface area contributed by atoms with E-state index in [9.17, 15) is 14.4 Å². The Hall–Kier alpha value is -2.09. The minimum absolute atomic E-state index is 0.0256. The van der Waals surface area contributed by atoms with Gasteiger partial charge in [-0.2, -0.15) is 0 Å². The Kier molecular flexibility index (Phi) is 4.72. The molecule has 0 aliphatic carbocycles. The van der Waals surface area contributed by atoms with Crippen LogP contribution >= 0.6 is 15.9 Å². The van der Waals surface area contributed by atoms with E-state index in [0.29, 0.717) is 4.47 Å². The fourth-order valence-corrected chi connectivity index (χ4v) is 1.60. The van der Waals surface area contributed by atoms with E-state index in [-0.39, 0.29) is 11.3 Å². The molecule has 3 amide bonds. The molecule has 20 heavy (non-hydrogen) atoms. The van der Waals surface area contributed by atoms with Crippen molar-refractivity contribution in [3.8, 4) is 0 Å². The second-order valence-corrected chi connectivity index (χ2v) is 5.42. The van der Waals surface area contributed by atoms with Gasteiger partial charge in [-0.3, -0.25) is 4.79 Å². The quantitative estimate of drug-likeness (QED) is 0.662. The second kappa shape index (κ2) is 5.91. The Bertz CT molecular complexity index is 572. The lowest BCUT2D eigenvalue weighted by Gasteiger charge is -2.22.